The molecule has 0 saturated carbocycles. The van der Waals surface area contributed by atoms with Gasteiger partial charge in [0.25, 0.3) is 5.56 Å². The Kier molecular flexibility index (Phi) is 3.00. The quantitative estimate of drug-likeness (QED) is 0.672. The zero-order valence-electron chi connectivity index (χ0n) is 8.57. The monoisotopic (exact) mass is 208 g/mol. The van der Waals surface area contributed by atoms with Crippen LogP contribution in [0.4, 0.5) is 0 Å². The van der Waals surface area contributed by atoms with Gasteiger partial charge in [0.15, 0.2) is 0 Å². The molecule has 2 N–H and O–H groups in total. The van der Waals surface area contributed by atoms with Crippen molar-refractivity contribution in [1.82, 2.24) is 9.55 Å². The van der Waals surface area contributed by atoms with Gasteiger partial charge in [0, 0.05) is 0 Å². The third-order valence-electron chi connectivity index (χ3n) is 2.19. The molecule has 0 amide bonds. The van der Waals surface area contributed by atoms with Gasteiger partial charge in [-0.25, -0.2) is 9.36 Å². The molecule has 15 heavy (non-hydrogen) atoms. The normalized spacial score (nSPS) is 12.1. The summed E-state index contributed by atoms with van der Waals surface area (Å²) in [6.45, 7) is 3.29. The molecule has 80 valence electrons. The first kappa shape index (κ1) is 11.1. The summed E-state index contributed by atoms with van der Waals surface area (Å²) in [7, 11) is 0. The maximum atomic E-state index is 11.4. The van der Waals surface area contributed by atoms with E-state index in [2.05, 4.69) is 10.9 Å². The lowest BCUT2D eigenvalue weighted by atomic mass is 10.2. The molecular formula is C10H12N2O3. The molecule has 1 aromatic rings. The first-order valence-corrected chi connectivity index (χ1v) is 4.55. The van der Waals surface area contributed by atoms with Crippen molar-refractivity contribution >= 4 is 0 Å². The van der Waals surface area contributed by atoms with Crippen LogP contribution in [0.1, 0.15) is 25.5 Å². The summed E-state index contributed by atoms with van der Waals surface area (Å²) in [5.74, 6) is 1.96. The Bertz CT molecular complexity index is 519. The van der Waals surface area contributed by atoms with E-state index in [1.807, 2.05) is 0 Å². The molecule has 1 unspecified atom stereocenters. The fourth-order valence-corrected chi connectivity index (χ4v) is 1.33. The summed E-state index contributed by atoms with van der Waals surface area (Å²) < 4.78 is 0.986. The standard InChI is InChI=1S/C10H12N2O3/c1-4-6(3)12-9(14)7(5-2)8(13)11-10(12)15/h1,6,14H,5H2,2-3H3,(H,11,13,15). The Morgan fingerprint density at radius 3 is 2.67 bits per heavy atom. The fourth-order valence-electron chi connectivity index (χ4n) is 1.33. The molecule has 0 aliphatic carbocycles. The molecule has 1 rings (SSSR count). The fraction of sp³-hybridized carbons (Fsp3) is 0.400. The topological polar surface area (TPSA) is 75.1 Å². The third kappa shape index (κ3) is 1.79. The van der Waals surface area contributed by atoms with E-state index in [1.165, 1.54) is 0 Å². The number of terminal acetylenes is 1. The average molecular weight is 208 g/mol. The minimum atomic E-state index is -0.694. The van der Waals surface area contributed by atoms with E-state index in [4.69, 9.17) is 6.42 Å². The molecule has 0 aromatic carbocycles. The minimum absolute atomic E-state index is 0.164. The highest BCUT2D eigenvalue weighted by Gasteiger charge is 2.15. The second kappa shape index (κ2) is 4.05. The van der Waals surface area contributed by atoms with Crippen LogP contribution < -0.4 is 11.2 Å². The number of nitrogens with zero attached hydrogens (tertiary/aromatic N) is 1. The van der Waals surface area contributed by atoms with E-state index < -0.39 is 17.3 Å². The van der Waals surface area contributed by atoms with Gasteiger partial charge >= 0.3 is 5.69 Å². The highest BCUT2D eigenvalue weighted by Crippen LogP contribution is 2.14. The molecule has 0 fully saturated rings. The largest absolute Gasteiger partial charge is 0.494 e. The Hall–Kier alpha value is -1.96. The van der Waals surface area contributed by atoms with Crippen molar-refractivity contribution in [3.63, 3.8) is 0 Å². The van der Waals surface area contributed by atoms with Crippen LogP contribution in [0.15, 0.2) is 9.59 Å². The molecule has 0 bridgehead atoms. The van der Waals surface area contributed by atoms with Crippen LogP contribution in [0.5, 0.6) is 5.88 Å². The zero-order valence-corrected chi connectivity index (χ0v) is 8.57. The molecule has 0 saturated heterocycles. The SMILES string of the molecule is C#CC(C)n1c(O)c(CC)c(=O)[nH]c1=O. The summed E-state index contributed by atoms with van der Waals surface area (Å²) in [5, 5.41) is 9.70. The Morgan fingerprint density at radius 1 is 1.60 bits per heavy atom. The van der Waals surface area contributed by atoms with Crippen molar-refractivity contribution in [1.29, 1.82) is 0 Å². The summed E-state index contributed by atoms with van der Waals surface area (Å²) in [6, 6.07) is -0.598. The second-order valence-corrected chi connectivity index (χ2v) is 3.13. The predicted octanol–water partition coefficient (Wildman–Crippen LogP) is -0.00120. The number of rotatable bonds is 2. The van der Waals surface area contributed by atoms with E-state index in [9.17, 15) is 14.7 Å². The number of aromatic hydroxyl groups is 1. The lowest BCUT2D eigenvalue weighted by molar-refractivity contribution is 0.388. The number of aromatic amines is 1. The molecule has 0 spiro atoms. The first-order chi connectivity index (χ1) is 7.02. The van der Waals surface area contributed by atoms with Gasteiger partial charge in [0.1, 0.15) is 0 Å². The van der Waals surface area contributed by atoms with Crippen molar-refractivity contribution in [2.24, 2.45) is 0 Å². The lowest BCUT2D eigenvalue weighted by Gasteiger charge is -2.12. The van der Waals surface area contributed by atoms with Crippen molar-refractivity contribution in [2.75, 3.05) is 0 Å². The van der Waals surface area contributed by atoms with E-state index in [1.54, 1.807) is 13.8 Å². The van der Waals surface area contributed by atoms with E-state index >= 15 is 0 Å². The van der Waals surface area contributed by atoms with Crippen molar-refractivity contribution in [3.05, 3.63) is 26.4 Å². The molecule has 1 aromatic heterocycles. The molecule has 0 aliphatic heterocycles. The van der Waals surface area contributed by atoms with Gasteiger partial charge < -0.3 is 5.11 Å². The van der Waals surface area contributed by atoms with Gasteiger partial charge in [-0.1, -0.05) is 12.8 Å². The van der Waals surface area contributed by atoms with Crippen LogP contribution in [0.3, 0.4) is 0 Å². The summed E-state index contributed by atoms with van der Waals surface area (Å²) in [4.78, 5) is 24.8. The summed E-state index contributed by atoms with van der Waals surface area (Å²) in [6.07, 6.45) is 5.49. The van der Waals surface area contributed by atoms with Crippen LogP contribution in [-0.2, 0) is 6.42 Å². The number of aromatic nitrogens is 2. The highest BCUT2D eigenvalue weighted by molar-refractivity contribution is 5.24. The van der Waals surface area contributed by atoms with Gasteiger partial charge in [0.05, 0.1) is 11.6 Å². The van der Waals surface area contributed by atoms with Gasteiger partial charge in [-0.2, -0.15) is 0 Å². The minimum Gasteiger partial charge on any atom is -0.494 e. The van der Waals surface area contributed by atoms with E-state index in [-0.39, 0.29) is 11.4 Å². The first-order valence-electron chi connectivity index (χ1n) is 4.55. The molecule has 1 heterocycles. The van der Waals surface area contributed by atoms with Crippen molar-refractivity contribution < 1.29 is 5.11 Å². The molecule has 1 atom stereocenters. The predicted molar refractivity (Wildman–Crippen MR) is 55.9 cm³/mol. The van der Waals surface area contributed by atoms with Crippen LogP contribution >= 0.6 is 0 Å². The molecular weight excluding hydrogens is 196 g/mol. The van der Waals surface area contributed by atoms with Crippen molar-refractivity contribution in [2.45, 2.75) is 26.3 Å². The smallest absolute Gasteiger partial charge is 0.332 e. The van der Waals surface area contributed by atoms with Crippen LogP contribution in [0.25, 0.3) is 0 Å². The van der Waals surface area contributed by atoms with Crippen LogP contribution in [-0.4, -0.2) is 14.7 Å². The van der Waals surface area contributed by atoms with Gasteiger partial charge in [-0.15, -0.1) is 6.42 Å². The molecule has 0 aliphatic rings. The highest BCUT2D eigenvalue weighted by atomic mass is 16.3. The number of hydrogen-bond donors (Lipinski definition) is 2. The maximum Gasteiger partial charge on any atom is 0.332 e. The zero-order chi connectivity index (χ0) is 11.6. The van der Waals surface area contributed by atoms with E-state index in [0.717, 1.165) is 4.57 Å². The molecule has 0 radical (unpaired) electrons. The Labute approximate surface area is 86.4 Å². The van der Waals surface area contributed by atoms with Gasteiger partial charge in [0.2, 0.25) is 5.88 Å². The summed E-state index contributed by atoms with van der Waals surface area (Å²) in [5.41, 5.74) is -1.10. The van der Waals surface area contributed by atoms with Crippen LogP contribution in [0, 0.1) is 12.3 Å². The van der Waals surface area contributed by atoms with Crippen molar-refractivity contribution in [3.8, 4) is 18.2 Å². The Morgan fingerprint density at radius 2 is 2.20 bits per heavy atom. The summed E-state index contributed by atoms with van der Waals surface area (Å²) >= 11 is 0. The average Bonchev–Trinajstić information content (AvgIpc) is 2.17. The second-order valence-electron chi connectivity index (χ2n) is 3.13. The van der Waals surface area contributed by atoms with Gasteiger partial charge in [-0.3, -0.25) is 9.78 Å². The van der Waals surface area contributed by atoms with E-state index in [0.29, 0.717) is 6.42 Å². The lowest BCUT2D eigenvalue weighted by Crippen LogP contribution is -2.33. The number of hydrogen-bond acceptors (Lipinski definition) is 3. The third-order valence-corrected chi connectivity index (χ3v) is 2.19. The van der Waals surface area contributed by atoms with Gasteiger partial charge in [-0.05, 0) is 13.3 Å². The molecule has 5 nitrogen and oxygen atoms in total. The van der Waals surface area contributed by atoms with Crippen LogP contribution in [0.2, 0.25) is 0 Å². The maximum absolute atomic E-state index is 11.4. The molecule has 5 heteroatoms. The number of nitrogens with one attached hydrogen (secondary N) is 1. The number of H-pyrrole nitrogens is 1. The Balaban J connectivity index is 3.62.